The summed E-state index contributed by atoms with van der Waals surface area (Å²) in [5.74, 6) is 2.09. The van der Waals surface area contributed by atoms with Crippen LogP contribution in [0.1, 0.15) is 48.7 Å². The number of rotatable bonds is 7. The van der Waals surface area contributed by atoms with E-state index < -0.39 is 5.54 Å². The van der Waals surface area contributed by atoms with Crippen molar-refractivity contribution in [3.63, 3.8) is 0 Å². The summed E-state index contributed by atoms with van der Waals surface area (Å²) in [6.07, 6.45) is 4.95. The number of aryl methyl sites for hydroxylation is 1. The second-order valence-corrected chi connectivity index (χ2v) is 11.4. The fourth-order valence-electron chi connectivity index (χ4n) is 5.57. The van der Waals surface area contributed by atoms with Gasteiger partial charge in [-0.15, -0.1) is 0 Å². The topological polar surface area (TPSA) is 125 Å². The highest BCUT2D eigenvalue weighted by Gasteiger charge is 2.45. The molecule has 38 heavy (non-hydrogen) atoms. The number of amides is 1. The van der Waals surface area contributed by atoms with Crippen molar-refractivity contribution in [3.8, 4) is 0 Å². The maximum Gasteiger partial charge on any atom is 0.260 e. The molecule has 2 aromatic heterocycles. The van der Waals surface area contributed by atoms with Crippen LogP contribution in [0.2, 0.25) is 0 Å². The van der Waals surface area contributed by atoms with E-state index in [0.717, 1.165) is 31.6 Å². The predicted octanol–water partition coefficient (Wildman–Crippen LogP) is 2.21. The second kappa shape index (κ2) is 9.94. The van der Waals surface area contributed by atoms with E-state index in [4.69, 9.17) is 14.5 Å². The molecule has 5 heterocycles. The van der Waals surface area contributed by atoms with Crippen molar-refractivity contribution in [3.05, 3.63) is 29.5 Å². The third-order valence-electron chi connectivity index (χ3n) is 8.26. The van der Waals surface area contributed by atoms with Crippen LogP contribution in [0.5, 0.6) is 0 Å². The van der Waals surface area contributed by atoms with Crippen molar-refractivity contribution in [2.75, 3.05) is 73.0 Å². The van der Waals surface area contributed by atoms with Crippen LogP contribution in [-0.2, 0) is 9.47 Å². The standard InChI is InChI=1S/C27H37N7O4/c1-18-13-22(31-25(28-18)34-11-12-38-19(2)14-34)30-24(36)20-3-4-21(32-27(15-35)16-37-17-27)29-23(20)33-9-7-26(5-6-26)8-10-33/h3-4,13,19,35H,5-12,14-17H2,1-2H3,(H,29,32)(H,28,30,31,36)/t19-/m1/s1. The minimum atomic E-state index is -0.528. The number of morpholine rings is 1. The third kappa shape index (κ3) is 5.14. The van der Waals surface area contributed by atoms with Crippen LogP contribution in [-0.4, -0.2) is 90.2 Å². The molecule has 1 aliphatic carbocycles. The summed E-state index contributed by atoms with van der Waals surface area (Å²) in [7, 11) is 0. The van der Waals surface area contributed by atoms with Gasteiger partial charge in [0.05, 0.1) is 38.1 Å². The first-order chi connectivity index (χ1) is 18.4. The highest BCUT2D eigenvalue weighted by molar-refractivity contribution is 6.07. The number of carbonyl (C=O) groups excluding carboxylic acids is 1. The molecule has 11 heteroatoms. The normalized spacial score (nSPS) is 23.6. The van der Waals surface area contributed by atoms with E-state index in [1.165, 1.54) is 12.8 Å². The maximum atomic E-state index is 13.6. The number of aliphatic hydroxyl groups is 1. The minimum absolute atomic E-state index is 0.0458. The lowest BCUT2D eigenvalue weighted by atomic mass is 9.93. The zero-order valence-corrected chi connectivity index (χ0v) is 22.2. The van der Waals surface area contributed by atoms with Gasteiger partial charge in [-0.1, -0.05) is 0 Å². The SMILES string of the molecule is Cc1cc(NC(=O)c2ccc(NC3(CO)COC3)nc2N2CCC3(CC2)CC3)nc(N2CCO[C@H](C)C2)n1. The Morgan fingerprint density at radius 2 is 1.87 bits per heavy atom. The van der Waals surface area contributed by atoms with Gasteiger partial charge in [-0.2, -0.15) is 4.98 Å². The number of carbonyl (C=O) groups is 1. The Labute approximate surface area is 222 Å². The van der Waals surface area contributed by atoms with Gasteiger partial charge in [-0.3, -0.25) is 4.79 Å². The van der Waals surface area contributed by atoms with Crippen molar-refractivity contribution < 1.29 is 19.4 Å². The van der Waals surface area contributed by atoms with Gasteiger partial charge in [0.2, 0.25) is 5.95 Å². The first-order valence-electron chi connectivity index (χ1n) is 13.6. The lowest BCUT2D eigenvalue weighted by Gasteiger charge is -2.41. The van der Waals surface area contributed by atoms with Crippen LogP contribution in [0.15, 0.2) is 18.2 Å². The number of ether oxygens (including phenoxy) is 2. The number of nitrogens with one attached hydrogen (secondary N) is 2. The number of hydrogen-bond acceptors (Lipinski definition) is 10. The van der Waals surface area contributed by atoms with Crippen LogP contribution in [0, 0.1) is 12.3 Å². The summed E-state index contributed by atoms with van der Waals surface area (Å²) >= 11 is 0. The van der Waals surface area contributed by atoms with Crippen LogP contribution in [0.25, 0.3) is 0 Å². The number of aromatic nitrogens is 3. The molecule has 6 rings (SSSR count). The summed E-state index contributed by atoms with van der Waals surface area (Å²) in [4.78, 5) is 32.1. The quantitative estimate of drug-likeness (QED) is 0.497. The van der Waals surface area contributed by atoms with E-state index in [1.54, 1.807) is 12.1 Å². The van der Waals surface area contributed by atoms with Gasteiger partial charge in [0.1, 0.15) is 23.0 Å². The molecule has 1 spiro atoms. The number of anilines is 4. The van der Waals surface area contributed by atoms with E-state index in [9.17, 15) is 9.90 Å². The molecule has 3 saturated heterocycles. The van der Waals surface area contributed by atoms with Gasteiger partial charge >= 0.3 is 0 Å². The Kier molecular flexibility index (Phi) is 6.61. The van der Waals surface area contributed by atoms with Crippen molar-refractivity contribution in [2.45, 2.75) is 51.2 Å². The Morgan fingerprint density at radius 3 is 2.53 bits per heavy atom. The smallest absolute Gasteiger partial charge is 0.260 e. The molecular weight excluding hydrogens is 486 g/mol. The Bertz CT molecular complexity index is 1180. The Morgan fingerprint density at radius 1 is 1.08 bits per heavy atom. The van der Waals surface area contributed by atoms with Crippen molar-refractivity contribution in [1.82, 2.24) is 15.0 Å². The number of nitrogens with zero attached hydrogens (tertiary/aromatic N) is 5. The van der Waals surface area contributed by atoms with Crippen molar-refractivity contribution in [2.24, 2.45) is 5.41 Å². The molecule has 2 aromatic rings. The lowest BCUT2D eigenvalue weighted by molar-refractivity contribution is -0.0651. The molecule has 0 aromatic carbocycles. The largest absolute Gasteiger partial charge is 0.394 e. The molecule has 3 N–H and O–H groups in total. The zero-order chi connectivity index (χ0) is 26.3. The van der Waals surface area contributed by atoms with Gasteiger partial charge in [-0.25, -0.2) is 9.97 Å². The summed E-state index contributed by atoms with van der Waals surface area (Å²) < 4.78 is 11.0. The van der Waals surface area contributed by atoms with Gasteiger partial charge in [0.25, 0.3) is 5.91 Å². The summed E-state index contributed by atoms with van der Waals surface area (Å²) in [5, 5.41) is 16.2. The fraction of sp³-hybridized carbons (Fsp3) is 0.630. The molecule has 1 saturated carbocycles. The predicted molar refractivity (Wildman–Crippen MR) is 144 cm³/mol. The fourth-order valence-corrected chi connectivity index (χ4v) is 5.57. The van der Waals surface area contributed by atoms with E-state index in [0.29, 0.717) is 67.3 Å². The Hall–Kier alpha value is -3.02. The van der Waals surface area contributed by atoms with E-state index >= 15 is 0 Å². The number of aliphatic hydroxyl groups excluding tert-OH is 1. The number of piperidine rings is 1. The van der Waals surface area contributed by atoms with Gasteiger partial charge in [0.15, 0.2) is 0 Å². The van der Waals surface area contributed by atoms with E-state index in [-0.39, 0.29) is 18.6 Å². The van der Waals surface area contributed by atoms with Crippen LogP contribution in [0.4, 0.5) is 23.4 Å². The molecule has 1 atom stereocenters. The van der Waals surface area contributed by atoms with E-state index in [1.807, 2.05) is 19.9 Å². The summed E-state index contributed by atoms with van der Waals surface area (Å²) in [6.45, 7) is 8.51. The Balaban J connectivity index is 1.25. The molecule has 0 radical (unpaired) electrons. The first-order valence-corrected chi connectivity index (χ1v) is 13.6. The van der Waals surface area contributed by atoms with Gasteiger partial charge in [-0.05, 0) is 57.1 Å². The maximum absolute atomic E-state index is 13.6. The van der Waals surface area contributed by atoms with Crippen LogP contribution < -0.4 is 20.4 Å². The highest BCUT2D eigenvalue weighted by atomic mass is 16.5. The number of hydrogen-bond donors (Lipinski definition) is 3. The van der Waals surface area contributed by atoms with Gasteiger partial charge in [0, 0.05) is 37.9 Å². The molecule has 204 valence electrons. The van der Waals surface area contributed by atoms with Crippen molar-refractivity contribution >= 4 is 29.3 Å². The molecule has 11 nitrogen and oxygen atoms in total. The molecular formula is C27H37N7O4. The van der Waals surface area contributed by atoms with Crippen molar-refractivity contribution in [1.29, 1.82) is 0 Å². The van der Waals surface area contributed by atoms with E-state index in [2.05, 4.69) is 30.4 Å². The number of pyridine rings is 1. The first kappa shape index (κ1) is 25.3. The minimum Gasteiger partial charge on any atom is -0.394 e. The molecule has 4 aliphatic rings. The molecule has 3 aliphatic heterocycles. The highest BCUT2D eigenvalue weighted by Crippen LogP contribution is 2.54. The lowest BCUT2D eigenvalue weighted by Crippen LogP contribution is -2.58. The zero-order valence-electron chi connectivity index (χ0n) is 22.2. The van der Waals surface area contributed by atoms with Crippen LogP contribution in [0.3, 0.4) is 0 Å². The second-order valence-electron chi connectivity index (χ2n) is 11.4. The van der Waals surface area contributed by atoms with Crippen LogP contribution >= 0.6 is 0 Å². The molecule has 0 bridgehead atoms. The summed E-state index contributed by atoms with van der Waals surface area (Å²) in [6, 6.07) is 5.39. The molecule has 4 fully saturated rings. The summed E-state index contributed by atoms with van der Waals surface area (Å²) in [5.41, 5.74) is 1.26. The average molecular weight is 524 g/mol. The van der Waals surface area contributed by atoms with Gasteiger partial charge < -0.3 is 35.0 Å². The monoisotopic (exact) mass is 523 g/mol. The molecule has 0 unspecified atom stereocenters. The third-order valence-corrected chi connectivity index (χ3v) is 8.26. The average Bonchev–Trinajstić information content (AvgIpc) is 3.65. The molecule has 1 amide bonds.